The molecule has 1 aromatic rings. The minimum Gasteiger partial charge on any atom is -0.383 e. The van der Waals surface area contributed by atoms with Gasteiger partial charge >= 0.3 is 0 Å². The Morgan fingerprint density at radius 3 is 2.25 bits per heavy atom. The zero-order valence-electron chi connectivity index (χ0n) is 7.29. The molecule has 1 aromatic carbocycles. The Morgan fingerprint density at radius 1 is 1.17 bits per heavy atom. The number of hydrogen-bond acceptors (Lipinski definition) is 1. The van der Waals surface area contributed by atoms with Crippen LogP contribution in [0.15, 0.2) is 30.5 Å². The SMILES string of the molecule is CN(C)/C=C/c1ccc(F)cc1. The number of hydrogen-bond donors (Lipinski definition) is 0. The fraction of sp³-hybridized carbons (Fsp3) is 0.200. The predicted octanol–water partition coefficient (Wildman–Crippen LogP) is 2.36. The summed E-state index contributed by atoms with van der Waals surface area (Å²) in [7, 11) is 3.89. The van der Waals surface area contributed by atoms with Crippen LogP contribution in [0.25, 0.3) is 6.08 Å². The topological polar surface area (TPSA) is 3.24 Å². The second-order valence-electron chi connectivity index (χ2n) is 2.83. The summed E-state index contributed by atoms with van der Waals surface area (Å²) in [4.78, 5) is 1.93. The van der Waals surface area contributed by atoms with E-state index in [2.05, 4.69) is 0 Å². The fourth-order valence-electron chi connectivity index (χ4n) is 0.809. The number of nitrogens with zero attached hydrogens (tertiary/aromatic N) is 1. The maximum atomic E-state index is 12.5. The van der Waals surface area contributed by atoms with Gasteiger partial charge in [0.1, 0.15) is 5.82 Å². The lowest BCUT2D eigenvalue weighted by atomic mass is 10.2. The summed E-state index contributed by atoms with van der Waals surface area (Å²) in [5.74, 6) is -0.197. The molecule has 1 rings (SSSR count). The minimum absolute atomic E-state index is 0.197. The van der Waals surface area contributed by atoms with E-state index in [0.717, 1.165) is 5.56 Å². The van der Waals surface area contributed by atoms with Crippen molar-refractivity contribution in [3.8, 4) is 0 Å². The molecule has 0 saturated heterocycles. The molecule has 0 aliphatic heterocycles. The van der Waals surface area contributed by atoms with Crippen LogP contribution in [-0.2, 0) is 0 Å². The van der Waals surface area contributed by atoms with Gasteiger partial charge in [-0.1, -0.05) is 12.1 Å². The van der Waals surface area contributed by atoms with E-state index in [1.165, 1.54) is 12.1 Å². The number of rotatable bonds is 2. The van der Waals surface area contributed by atoms with Gasteiger partial charge in [-0.3, -0.25) is 0 Å². The Balaban J connectivity index is 2.71. The highest BCUT2D eigenvalue weighted by molar-refractivity contribution is 5.48. The molecule has 0 aromatic heterocycles. The van der Waals surface area contributed by atoms with Crippen molar-refractivity contribution in [3.63, 3.8) is 0 Å². The summed E-state index contributed by atoms with van der Waals surface area (Å²) in [6.45, 7) is 0. The highest BCUT2D eigenvalue weighted by atomic mass is 19.1. The molecule has 2 heteroatoms. The zero-order valence-corrected chi connectivity index (χ0v) is 7.29. The van der Waals surface area contributed by atoms with Crippen molar-refractivity contribution < 1.29 is 4.39 Å². The molecule has 0 amide bonds. The summed E-state index contributed by atoms with van der Waals surface area (Å²) in [6, 6.07) is 6.40. The smallest absolute Gasteiger partial charge is 0.123 e. The van der Waals surface area contributed by atoms with Crippen molar-refractivity contribution >= 4 is 6.08 Å². The average Bonchev–Trinajstić information content (AvgIpc) is 2.03. The first kappa shape index (κ1) is 8.78. The maximum absolute atomic E-state index is 12.5. The Labute approximate surface area is 72.1 Å². The van der Waals surface area contributed by atoms with E-state index in [9.17, 15) is 4.39 Å². The molecule has 0 N–H and O–H groups in total. The first-order valence-electron chi connectivity index (χ1n) is 3.78. The van der Waals surface area contributed by atoms with Crippen molar-refractivity contribution in [1.82, 2.24) is 4.90 Å². The van der Waals surface area contributed by atoms with Gasteiger partial charge in [0.15, 0.2) is 0 Å². The van der Waals surface area contributed by atoms with Crippen LogP contribution in [0.5, 0.6) is 0 Å². The maximum Gasteiger partial charge on any atom is 0.123 e. The Kier molecular flexibility index (Phi) is 2.86. The summed E-state index contributed by atoms with van der Waals surface area (Å²) in [5.41, 5.74) is 1.00. The van der Waals surface area contributed by atoms with Crippen LogP contribution in [-0.4, -0.2) is 19.0 Å². The third-order valence-corrected chi connectivity index (χ3v) is 1.44. The highest BCUT2D eigenvalue weighted by Crippen LogP contribution is 2.04. The molecule has 0 saturated carbocycles. The fourth-order valence-corrected chi connectivity index (χ4v) is 0.809. The van der Waals surface area contributed by atoms with Crippen LogP contribution in [0.4, 0.5) is 4.39 Å². The van der Waals surface area contributed by atoms with Crippen molar-refractivity contribution in [1.29, 1.82) is 0 Å². The first-order valence-corrected chi connectivity index (χ1v) is 3.78. The van der Waals surface area contributed by atoms with Gasteiger partial charge in [0, 0.05) is 14.1 Å². The molecule has 0 bridgehead atoms. The lowest BCUT2D eigenvalue weighted by Gasteiger charge is -2.02. The van der Waals surface area contributed by atoms with Crippen molar-refractivity contribution in [2.45, 2.75) is 0 Å². The van der Waals surface area contributed by atoms with Gasteiger partial charge in [-0.05, 0) is 30.0 Å². The van der Waals surface area contributed by atoms with Gasteiger partial charge in [0.05, 0.1) is 0 Å². The molecular formula is C10H12FN. The van der Waals surface area contributed by atoms with Gasteiger partial charge in [-0.15, -0.1) is 0 Å². The van der Waals surface area contributed by atoms with Gasteiger partial charge in [0.25, 0.3) is 0 Å². The molecule has 0 atom stereocenters. The van der Waals surface area contributed by atoms with Crippen LogP contribution in [0, 0.1) is 5.82 Å². The molecule has 0 fully saturated rings. The Hall–Kier alpha value is -1.31. The molecule has 0 unspecified atom stereocenters. The largest absolute Gasteiger partial charge is 0.383 e. The lowest BCUT2D eigenvalue weighted by Crippen LogP contribution is -1.99. The normalized spacial score (nSPS) is 10.6. The van der Waals surface area contributed by atoms with Crippen LogP contribution in [0.2, 0.25) is 0 Å². The van der Waals surface area contributed by atoms with Gasteiger partial charge in [-0.2, -0.15) is 0 Å². The van der Waals surface area contributed by atoms with Crippen LogP contribution >= 0.6 is 0 Å². The summed E-state index contributed by atoms with van der Waals surface area (Å²) >= 11 is 0. The molecule has 0 aliphatic carbocycles. The molecule has 0 spiro atoms. The highest BCUT2D eigenvalue weighted by Gasteiger charge is 1.88. The second-order valence-corrected chi connectivity index (χ2v) is 2.83. The minimum atomic E-state index is -0.197. The van der Waals surface area contributed by atoms with E-state index in [1.807, 2.05) is 31.3 Å². The van der Waals surface area contributed by atoms with E-state index in [4.69, 9.17) is 0 Å². The van der Waals surface area contributed by atoms with Gasteiger partial charge in [0.2, 0.25) is 0 Å². The number of halogens is 1. The van der Waals surface area contributed by atoms with Crippen molar-refractivity contribution in [2.75, 3.05) is 14.1 Å². The van der Waals surface area contributed by atoms with Crippen LogP contribution < -0.4 is 0 Å². The molecule has 64 valence electrons. The van der Waals surface area contributed by atoms with E-state index in [-0.39, 0.29) is 5.82 Å². The summed E-state index contributed by atoms with van der Waals surface area (Å²) < 4.78 is 12.5. The van der Waals surface area contributed by atoms with E-state index in [0.29, 0.717) is 0 Å². The molecule has 0 radical (unpaired) electrons. The van der Waals surface area contributed by atoms with Crippen LogP contribution in [0.1, 0.15) is 5.56 Å². The lowest BCUT2D eigenvalue weighted by molar-refractivity contribution is 0.567. The molecule has 12 heavy (non-hydrogen) atoms. The van der Waals surface area contributed by atoms with E-state index < -0.39 is 0 Å². The van der Waals surface area contributed by atoms with Gasteiger partial charge in [-0.25, -0.2) is 4.39 Å². The Morgan fingerprint density at radius 2 is 1.75 bits per heavy atom. The third-order valence-electron chi connectivity index (χ3n) is 1.44. The van der Waals surface area contributed by atoms with E-state index >= 15 is 0 Å². The van der Waals surface area contributed by atoms with E-state index in [1.54, 1.807) is 12.1 Å². The van der Waals surface area contributed by atoms with Crippen molar-refractivity contribution in [2.24, 2.45) is 0 Å². The van der Waals surface area contributed by atoms with Crippen molar-refractivity contribution in [3.05, 3.63) is 41.8 Å². The molecular weight excluding hydrogens is 153 g/mol. The molecule has 0 heterocycles. The predicted molar refractivity (Wildman–Crippen MR) is 49.1 cm³/mol. The first-order chi connectivity index (χ1) is 5.68. The Bertz CT molecular complexity index is 262. The zero-order chi connectivity index (χ0) is 8.97. The monoisotopic (exact) mass is 165 g/mol. The number of benzene rings is 1. The third kappa shape index (κ3) is 2.74. The van der Waals surface area contributed by atoms with Gasteiger partial charge < -0.3 is 4.90 Å². The quantitative estimate of drug-likeness (QED) is 0.650. The standard InChI is InChI=1S/C10H12FN/c1-12(2)8-7-9-3-5-10(11)6-4-9/h3-8H,1-2H3/b8-7+. The summed E-state index contributed by atoms with van der Waals surface area (Å²) in [5, 5.41) is 0. The van der Waals surface area contributed by atoms with Crippen LogP contribution in [0.3, 0.4) is 0 Å². The summed E-state index contributed by atoms with van der Waals surface area (Å²) in [6.07, 6.45) is 3.85. The molecule has 1 nitrogen and oxygen atoms in total. The second kappa shape index (κ2) is 3.90. The average molecular weight is 165 g/mol. The molecule has 0 aliphatic rings.